The lowest BCUT2D eigenvalue weighted by Gasteiger charge is -2.22. The smallest absolute Gasteiger partial charge is 0.326 e. The van der Waals surface area contributed by atoms with E-state index in [1.807, 2.05) is 13.8 Å². The molecule has 3 atom stereocenters. The molecule has 0 aromatic rings. The van der Waals surface area contributed by atoms with Gasteiger partial charge in [-0.15, -0.1) is 0 Å². The Kier molecular flexibility index (Phi) is 7.54. The van der Waals surface area contributed by atoms with Crippen molar-refractivity contribution in [3.8, 4) is 0 Å². The van der Waals surface area contributed by atoms with Crippen LogP contribution in [0.15, 0.2) is 0 Å². The average Bonchev–Trinajstić information content (AvgIpc) is 2.31. The van der Waals surface area contributed by atoms with Crippen molar-refractivity contribution in [2.75, 3.05) is 0 Å². The van der Waals surface area contributed by atoms with Gasteiger partial charge in [-0.3, -0.25) is 4.79 Å². The van der Waals surface area contributed by atoms with Gasteiger partial charge in [-0.2, -0.15) is 0 Å². The molecular weight excluding hydrogens is 220 g/mol. The summed E-state index contributed by atoms with van der Waals surface area (Å²) in [5, 5.41) is 11.5. The maximum Gasteiger partial charge on any atom is 0.326 e. The van der Waals surface area contributed by atoms with Crippen molar-refractivity contribution >= 4 is 11.9 Å². The van der Waals surface area contributed by atoms with Gasteiger partial charge in [0, 0.05) is 0 Å². The minimum Gasteiger partial charge on any atom is -0.480 e. The van der Waals surface area contributed by atoms with Gasteiger partial charge in [0.2, 0.25) is 5.91 Å². The molecular formula is C12H24N2O3. The summed E-state index contributed by atoms with van der Waals surface area (Å²) in [4.78, 5) is 22.7. The fourth-order valence-corrected chi connectivity index (χ4v) is 1.50. The molecule has 1 amide bonds. The molecule has 0 saturated carbocycles. The SMILES string of the molecule is CCCCC(N)C(=O)N[C@H](C(=O)O)C(C)CC. The number of rotatable bonds is 8. The normalized spacial score (nSPS) is 16.0. The summed E-state index contributed by atoms with van der Waals surface area (Å²) < 4.78 is 0. The third-order valence-electron chi connectivity index (χ3n) is 2.98. The monoisotopic (exact) mass is 244 g/mol. The molecule has 4 N–H and O–H groups in total. The fourth-order valence-electron chi connectivity index (χ4n) is 1.50. The molecule has 5 heteroatoms. The Morgan fingerprint density at radius 1 is 1.35 bits per heavy atom. The molecule has 0 aliphatic carbocycles. The van der Waals surface area contributed by atoms with Crippen LogP contribution in [0.3, 0.4) is 0 Å². The number of nitrogens with two attached hydrogens (primary N) is 1. The molecule has 0 saturated heterocycles. The predicted octanol–water partition coefficient (Wildman–Crippen LogP) is 1.12. The Hall–Kier alpha value is -1.10. The molecule has 100 valence electrons. The highest BCUT2D eigenvalue weighted by Gasteiger charge is 2.27. The quantitative estimate of drug-likeness (QED) is 0.596. The van der Waals surface area contributed by atoms with Crippen molar-refractivity contribution in [2.45, 2.75) is 58.5 Å². The first-order valence-corrected chi connectivity index (χ1v) is 6.22. The third-order valence-corrected chi connectivity index (χ3v) is 2.98. The molecule has 0 aromatic carbocycles. The largest absolute Gasteiger partial charge is 0.480 e. The zero-order valence-corrected chi connectivity index (χ0v) is 10.9. The van der Waals surface area contributed by atoms with E-state index in [4.69, 9.17) is 10.8 Å². The Morgan fingerprint density at radius 2 is 1.94 bits per heavy atom. The molecule has 0 aliphatic rings. The topological polar surface area (TPSA) is 92.4 Å². The van der Waals surface area contributed by atoms with Gasteiger partial charge in [-0.25, -0.2) is 4.79 Å². The first-order chi connectivity index (χ1) is 7.93. The fraction of sp³-hybridized carbons (Fsp3) is 0.833. The lowest BCUT2D eigenvalue weighted by Crippen LogP contribution is -2.50. The highest BCUT2D eigenvalue weighted by molar-refractivity contribution is 5.86. The van der Waals surface area contributed by atoms with Crippen LogP contribution in [0.1, 0.15) is 46.5 Å². The van der Waals surface area contributed by atoms with Crippen LogP contribution < -0.4 is 11.1 Å². The van der Waals surface area contributed by atoms with Gasteiger partial charge in [0.1, 0.15) is 6.04 Å². The number of carboxylic acids is 1. The van der Waals surface area contributed by atoms with Crippen molar-refractivity contribution in [3.05, 3.63) is 0 Å². The predicted molar refractivity (Wildman–Crippen MR) is 66.5 cm³/mol. The van der Waals surface area contributed by atoms with E-state index in [0.717, 1.165) is 12.8 Å². The molecule has 0 fully saturated rings. The summed E-state index contributed by atoms with van der Waals surface area (Å²) in [6.45, 7) is 5.71. The van der Waals surface area contributed by atoms with Crippen LogP contribution in [-0.4, -0.2) is 29.1 Å². The van der Waals surface area contributed by atoms with E-state index in [1.54, 1.807) is 6.92 Å². The lowest BCUT2D eigenvalue weighted by atomic mass is 9.98. The molecule has 5 nitrogen and oxygen atoms in total. The first kappa shape index (κ1) is 15.9. The molecule has 0 aliphatic heterocycles. The minimum absolute atomic E-state index is 0.102. The molecule has 0 radical (unpaired) electrons. The van der Waals surface area contributed by atoms with Gasteiger partial charge < -0.3 is 16.2 Å². The zero-order valence-electron chi connectivity index (χ0n) is 10.9. The minimum atomic E-state index is -1.00. The average molecular weight is 244 g/mol. The molecule has 17 heavy (non-hydrogen) atoms. The second-order valence-corrected chi connectivity index (χ2v) is 4.46. The van der Waals surface area contributed by atoms with E-state index >= 15 is 0 Å². The summed E-state index contributed by atoms with van der Waals surface area (Å²) in [7, 11) is 0. The Bertz CT molecular complexity index is 256. The van der Waals surface area contributed by atoms with E-state index < -0.39 is 18.1 Å². The highest BCUT2D eigenvalue weighted by Crippen LogP contribution is 2.08. The number of nitrogens with one attached hydrogen (secondary N) is 1. The van der Waals surface area contributed by atoms with Gasteiger partial charge in [0.25, 0.3) is 0 Å². The molecule has 0 spiro atoms. The standard InChI is InChI=1S/C12H24N2O3/c1-4-6-7-9(13)11(15)14-10(12(16)17)8(3)5-2/h8-10H,4-7,13H2,1-3H3,(H,14,15)(H,16,17)/t8?,9?,10-/m0/s1. The van der Waals surface area contributed by atoms with E-state index in [9.17, 15) is 9.59 Å². The molecule has 0 bridgehead atoms. The van der Waals surface area contributed by atoms with Crippen LogP contribution in [0.4, 0.5) is 0 Å². The number of amides is 1. The summed E-state index contributed by atoms with van der Waals surface area (Å²) in [6.07, 6.45) is 3.13. The van der Waals surface area contributed by atoms with Gasteiger partial charge in [-0.1, -0.05) is 40.0 Å². The Labute approximate surface area is 103 Å². The second-order valence-electron chi connectivity index (χ2n) is 4.46. The number of carbonyl (C=O) groups excluding carboxylic acids is 1. The number of aliphatic carboxylic acids is 1. The molecule has 2 unspecified atom stereocenters. The van der Waals surface area contributed by atoms with Crippen molar-refractivity contribution < 1.29 is 14.7 Å². The van der Waals surface area contributed by atoms with Gasteiger partial charge >= 0.3 is 5.97 Å². The summed E-state index contributed by atoms with van der Waals surface area (Å²) >= 11 is 0. The van der Waals surface area contributed by atoms with E-state index in [2.05, 4.69) is 5.32 Å². The Morgan fingerprint density at radius 3 is 2.35 bits per heavy atom. The van der Waals surface area contributed by atoms with Crippen molar-refractivity contribution in [2.24, 2.45) is 11.7 Å². The molecule has 0 heterocycles. The molecule has 0 aromatic heterocycles. The van der Waals surface area contributed by atoms with Gasteiger partial charge in [0.15, 0.2) is 0 Å². The third kappa shape index (κ3) is 5.68. The highest BCUT2D eigenvalue weighted by atomic mass is 16.4. The second kappa shape index (κ2) is 8.06. The maximum atomic E-state index is 11.7. The van der Waals surface area contributed by atoms with E-state index in [-0.39, 0.29) is 11.8 Å². The summed E-state index contributed by atoms with van der Waals surface area (Å²) in [6, 6.07) is -1.46. The Balaban J connectivity index is 4.35. The maximum absolute atomic E-state index is 11.7. The van der Waals surface area contributed by atoms with Crippen LogP contribution in [-0.2, 0) is 9.59 Å². The van der Waals surface area contributed by atoms with Crippen LogP contribution in [0.25, 0.3) is 0 Å². The zero-order chi connectivity index (χ0) is 13.4. The van der Waals surface area contributed by atoms with Crippen molar-refractivity contribution in [1.82, 2.24) is 5.32 Å². The van der Waals surface area contributed by atoms with Crippen molar-refractivity contribution in [3.63, 3.8) is 0 Å². The van der Waals surface area contributed by atoms with Crippen LogP contribution in [0.5, 0.6) is 0 Å². The number of carboxylic acid groups (broad SMARTS) is 1. The van der Waals surface area contributed by atoms with Crippen molar-refractivity contribution in [1.29, 1.82) is 0 Å². The summed E-state index contributed by atoms with van der Waals surface area (Å²) in [5.41, 5.74) is 5.69. The number of hydrogen-bond acceptors (Lipinski definition) is 3. The number of unbranched alkanes of at least 4 members (excludes halogenated alkanes) is 1. The number of carbonyl (C=O) groups is 2. The summed E-state index contributed by atoms with van der Waals surface area (Å²) in [5.74, 6) is -1.48. The first-order valence-electron chi connectivity index (χ1n) is 6.22. The van der Waals surface area contributed by atoms with E-state index in [0.29, 0.717) is 12.8 Å². The molecule has 0 rings (SSSR count). The van der Waals surface area contributed by atoms with Gasteiger partial charge in [-0.05, 0) is 12.3 Å². The van der Waals surface area contributed by atoms with Crippen LogP contribution in [0, 0.1) is 5.92 Å². The van der Waals surface area contributed by atoms with Gasteiger partial charge in [0.05, 0.1) is 6.04 Å². The van der Waals surface area contributed by atoms with E-state index in [1.165, 1.54) is 0 Å². The van der Waals surface area contributed by atoms with Crippen LogP contribution in [0.2, 0.25) is 0 Å². The number of hydrogen-bond donors (Lipinski definition) is 3. The van der Waals surface area contributed by atoms with Crippen LogP contribution >= 0.6 is 0 Å². The lowest BCUT2D eigenvalue weighted by molar-refractivity contribution is -0.143.